The summed E-state index contributed by atoms with van der Waals surface area (Å²) in [6.45, 7) is 5.96. The lowest BCUT2D eigenvalue weighted by molar-refractivity contribution is -0.144. The van der Waals surface area contributed by atoms with Crippen LogP contribution in [0.15, 0.2) is 0 Å². The summed E-state index contributed by atoms with van der Waals surface area (Å²) in [4.78, 5) is 31.6. The molecule has 0 rings (SSSR count). The van der Waals surface area contributed by atoms with Crippen LogP contribution >= 0.6 is 7.60 Å². The standard InChI is InChI=1S/C25H51O5P/c1-4-7-8-9-10-11-12-13-14-15-16-17-18-19-20-21-22-25(5-2,31(27,28)29)23-24(26)30-6-3/h4-23H2,1-3H3,(H2,27,28,29). The predicted octanol–water partition coefficient (Wildman–Crippen LogP) is 7.92. The van der Waals surface area contributed by atoms with E-state index in [9.17, 15) is 19.1 Å². The van der Waals surface area contributed by atoms with E-state index in [0.29, 0.717) is 6.42 Å². The molecule has 0 aliphatic carbocycles. The van der Waals surface area contributed by atoms with Crippen molar-refractivity contribution in [1.29, 1.82) is 0 Å². The highest BCUT2D eigenvalue weighted by Crippen LogP contribution is 2.57. The molecule has 6 heteroatoms. The summed E-state index contributed by atoms with van der Waals surface area (Å²) in [6.07, 6.45) is 20.8. The lowest BCUT2D eigenvalue weighted by atomic mass is 9.93. The fourth-order valence-electron chi connectivity index (χ4n) is 4.33. The van der Waals surface area contributed by atoms with Gasteiger partial charge in [0.2, 0.25) is 0 Å². The van der Waals surface area contributed by atoms with Crippen molar-refractivity contribution in [3.8, 4) is 0 Å². The first-order valence-corrected chi connectivity index (χ1v) is 14.7. The second kappa shape index (κ2) is 19.1. The Bertz CT molecular complexity index is 477. The smallest absolute Gasteiger partial charge is 0.332 e. The first-order valence-electron chi connectivity index (χ1n) is 13.0. The zero-order valence-electron chi connectivity index (χ0n) is 20.7. The number of carbonyl (C=O) groups is 1. The monoisotopic (exact) mass is 462 g/mol. The Morgan fingerprint density at radius 3 is 1.42 bits per heavy atom. The highest BCUT2D eigenvalue weighted by atomic mass is 31.2. The van der Waals surface area contributed by atoms with Gasteiger partial charge in [-0.15, -0.1) is 0 Å². The molecule has 31 heavy (non-hydrogen) atoms. The molecule has 1 atom stereocenters. The van der Waals surface area contributed by atoms with Gasteiger partial charge in [0.15, 0.2) is 0 Å². The summed E-state index contributed by atoms with van der Waals surface area (Å²) in [7, 11) is -4.38. The summed E-state index contributed by atoms with van der Waals surface area (Å²) in [6, 6.07) is 0. The van der Waals surface area contributed by atoms with E-state index in [-0.39, 0.29) is 19.4 Å². The van der Waals surface area contributed by atoms with Crippen molar-refractivity contribution in [2.75, 3.05) is 6.61 Å². The Kier molecular flexibility index (Phi) is 18.9. The van der Waals surface area contributed by atoms with Crippen LogP contribution in [0.1, 0.15) is 143 Å². The van der Waals surface area contributed by atoms with Crippen LogP contribution in [-0.4, -0.2) is 27.5 Å². The molecule has 0 aromatic rings. The summed E-state index contributed by atoms with van der Waals surface area (Å²) >= 11 is 0. The Labute approximate surface area is 192 Å². The highest BCUT2D eigenvalue weighted by Gasteiger charge is 2.46. The Morgan fingerprint density at radius 2 is 1.10 bits per heavy atom. The lowest BCUT2D eigenvalue weighted by Gasteiger charge is -2.32. The molecule has 0 saturated heterocycles. The zero-order valence-corrected chi connectivity index (χ0v) is 21.6. The second-order valence-electron chi connectivity index (χ2n) is 9.16. The number of hydrogen-bond acceptors (Lipinski definition) is 3. The van der Waals surface area contributed by atoms with E-state index in [2.05, 4.69) is 6.92 Å². The van der Waals surface area contributed by atoms with Crippen molar-refractivity contribution in [3.05, 3.63) is 0 Å². The number of rotatable bonds is 22. The van der Waals surface area contributed by atoms with Crippen LogP contribution in [-0.2, 0) is 14.1 Å². The molecule has 0 aliphatic rings. The largest absolute Gasteiger partial charge is 0.466 e. The summed E-state index contributed by atoms with van der Waals surface area (Å²) in [5, 5.41) is -1.27. The molecule has 0 spiro atoms. The van der Waals surface area contributed by atoms with Gasteiger partial charge in [0, 0.05) is 0 Å². The van der Waals surface area contributed by atoms with E-state index in [1.54, 1.807) is 13.8 Å². The third-order valence-electron chi connectivity index (χ3n) is 6.55. The van der Waals surface area contributed by atoms with Crippen LogP contribution in [0.4, 0.5) is 0 Å². The fraction of sp³-hybridized carbons (Fsp3) is 0.960. The normalized spacial score (nSPS) is 13.8. The van der Waals surface area contributed by atoms with Gasteiger partial charge < -0.3 is 14.5 Å². The quantitative estimate of drug-likeness (QED) is 0.0969. The van der Waals surface area contributed by atoms with Crippen molar-refractivity contribution in [1.82, 2.24) is 0 Å². The van der Waals surface area contributed by atoms with Gasteiger partial charge in [0.25, 0.3) is 0 Å². The molecule has 0 bridgehead atoms. The third-order valence-corrected chi connectivity index (χ3v) is 8.48. The maximum Gasteiger partial charge on any atom is 0.332 e. The van der Waals surface area contributed by atoms with Crippen molar-refractivity contribution < 1.29 is 23.9 Å². The fourth-order valence-corrected chi connectivity index (χ4v) is 5.52. The van der Waals surface area contributed by atoms with E-state index in [4.69, 9.17) is 4.74 Å². The first kappa shape index (κ1) is 30.6. The summed E-state index contributed by atoms with van der Waals surface area (Å²) in [5.41, 5.74) is 0. The van der Waals surface area contributed by atoms with Crippen LogP contribution < -0.4 is 0 Å². The topological polar surface area (TPSA) is 83.8 Å². The maximum absolute atomic E-state index is 12.1. The van der Waals surface area contributed by atoms with E-state index >= 15 is 0 Å². The van der Waals surface area contributed by atoms with Gasteiger partial charge in [-0.2, -0.15) is 0 Å². The van der Waals surface area contributed by atoms with E-state index in [1.807, 2.05) is 0 Å². The minimum atomic E-state index is -4.38. The molecular formula is C25H51O5P. The zero-order chi connectivity index (χ0) is 23.4. The van der Waals surface area contributed by atoms with Crippen molar-refractivity contribution in [2.45, 2.75) is 148 Å². The molecule has 0 aliphatic heterocycles. The SMILES string of the molecule is CCCCCCCCCCCCCCCCCCC(CC)(CC(=O)OCC)P(=O)(O)O. The average Bonchev–Trinajstić information content (AvgIpc) is 2.71. The van der Waals surface area contributed by atoms with Crippen LogP contribution in [0.25, 0.3) is 0 Å². The van der Waals surface area contributed by atoms with Gasteiger partial charge in [0.05, 0.1) is 18.2 Å². The van der Waals surface area contributed by atoms with Crippen LogP contribution in [0.3, 0.4) is 0 Å². The van der Waals surface area contributed by atoms with Gasteiger partial charge in [-0.25, -0.2) is 0 Å². The van der Waals surface area contributed by atoms with Crippen LogP contribution in [0.5, 0.6) is 0 Å². The third kappa shape index (κ3) is 15.1. The maximum atomic E-state index is 12.1. The first-order chi connectivity index (χ1) is 14.8. The van der Waals surface area contributed by atoms with Crippen molar-refractivity contribution in [3.63, 3.8) is 0 Å². The molecule has 1 unspecified atom stereocenters. The number of esters is 1. The number of carbonyl (C=O) groups excluding carboxylic acids is 1. The van der Waals surface area contributed by atoms with Crippen LogP contribution in [0.2, 0.25) is 0 Å². The van der Waals surface area contributed by atoms with Gasteiger partial charge in [0.1, 0.15) is 0 Å². The van der Waals surface area contributed by atoms with Crippen molar-refractivity contribution >= 4 is 13.6 Å². The molecule has 0 heterocycles. The van der Waals surface area contributed by atoms with Crippen LogP contribution in [0, 0.1) is 0 Å². The van der Waals surface area contributed by atoms with Gasteiger partial charge in [-0.3, -0.25) is 9.36 Å². The number of ether oxygens (including phenoxy) is 1. The molecule has 2 N–H and O–H groups in total. The molecule has 0 radical (unpaired) electrons. The Hall–Kier alpha value is -0.380. The number of unbranched alkanes of at least 4 members (excludes halogenated alkanes) is 15. The van der Waals surface area contributed by atoms with E-state index in [1.165, 1.54) is 83.5 Å². The van der Waals surface area contributed by atoms with Gasteiger partial charge in [-0.05, 0) is 19.8 Å². The molecule has 186 valence electrons. The summed E-state index contributed by atoms with van der Waals surface area (Å²) < 4.78 is 17.0. The molecule has 0 saturated carbocycles. The molecular weight excluding hydrogens is 411 g/mol. The average molecular weight is 463 g/mol. The van der Waals surface area contributed by atoms with Crippen molar-refractivity contribution in [2.24, 2.45) is 0 Å². The van der Waals surface area contributed by atoms with E-state index < -0.39 is 18.7 Å². The number of hydrogen-bond donors (Lipinski definition) is 2. The predicted molar refractivity (Wildman–Crippen MR) is 130 cm³/mol. The van der Waals surface area contributed by atoms with Gasteiger partial charge in [-0.1, -0.05) is 117 Å². The minimum absolute atomic E-state index is 0.194. The second-order valence-corrected chi connectivity index (χ2v) is 11.2. The summed E-state index contributed by atoms with van der Waals surface area (Å²) in [5.74, 6) is -0.510. The highest BCUT2D eigenvalue weighted by molar-refractivity contribution is 7.53. The molecule has 5 nitrogen and oxygen atoms in total. The molecule has 0 aromatic carbocycles. The lowest BCUT2D eigenvalue weighted by Crippen LogP contribution is -2.32. The Balaban J connectivity index is 3.80. The minimum Gasteiger partial charge on any atom is -0.466 e. The molecule has 0 aromatic heterocycles. The Morgan fingerprint density at radius 1 is 0.710 bits per heavy atom. The molecule has 0 amide bonds. The molecule has 0 fully saturated rings. The van der Waals surface area contributed by atoms with E-state index in [0.717, 1.165) is 19.3 Å². The van der Waals surface area contributed by atoms with Gasteiger partial charge >= 0.3 is 13.6 Å².